The summed E-state index contributed by atoms with van der Waals surface area (Å²) in [4.78, 5) is 20.9. The minimum Gasteiger partial charge on any atom is -0.497 e. The monoisotopic (exact) mass is 426 g/mol. The molecule has 0 spiro atoms. The Morgan fingerprint density at radius 3 is 2.37 bits per heavy atom. The van der Waals surface area contributed by atoms with Crippen molar-refractivity contribution in [3.8, 4) is 17.0 Å². The van der Waals surface area contributed by atoms with Gasteiger partial charge in [-0.1, -0.05) is 12.1 Å². The van der Waals surface area contributed by atoms with E-state index in [1.807, 2.05) is 24.3 Å². The number of sulfonamides is 1. The Labute approximate surface area is 175 Å². The van der Waals surface area contributed by atoms with Crippen molar-refractivity contribution < 1.29 is 17.9 Å². The van der Waals surface area contributed by atoms with Gasteiger partial charge in [0, 0.05) is 23.7 Å². The van der Waals surface area contributed by atoms with Crippen molar-refractivity contribution in [2.45, 2.75) is 6.42 Å². The summed E-state index contributed by atoms with van der Waals surface area (Å²) in [6, 6.07) is 16.1. The molecule has 1 aromatic heterocycles. The Morgan fingerprint density at radius 1 is 1.03 bits per heavy atom. The van der Waals surface area contributed by atoms with E-state index in [2.05, 4.69) is 20.0 Å². The highest BCUT2D eigenvalue weighted by Crippen LogP contribution is 2.22. The lowest BCUT2D eigenvalue weighted by Crippen LogP contribution is -2.24. The second-order valence-electron chi connectivity index (χ2n) is 6.58. The first-order valence-electron chi connectivity index (χ1n) is 9.15. The summed E-state index contributed by atoms with van der Waals surface area (Å²) >= 11 is 0. The first-order valence-corrected chi connectivity index (χ1v) is 11.0. The highest BCUT2D eigenvalue weighted by molar-refractivity contribution is 7.88. The lowest BCUT2D eigenvalue weighted by atomic mass is 10.1. The largest absolute Gasteiger partial charge is 0.497 e. The van der Waals surface area contributed by atoms with Crippen molar-refractivity contribution in [1.29, 1.82) is 0 Å². The zero-order valence-corrected chi connectivity index (χ0v) is 17.4. The number of rotatable bonds is 8. The van der Waals surface area contributed by atoms with Gasteiger partial charge in [0.15, 0.2) is 0 Å². The van der Waals surface area contributed by atoms with E-state index in [0.717, 1.165) is 23.1 Å². The maximum atomic E-state index is 12.5. The number of benzene rings is 2. The first-order chi connectivity index (χ1) is 14.3. The molecule has 0 unspecified atom stereocenters. The summed E-state index contributed by atoms with van der Waals surface area (Å²) in [5.74, 6) is 0.842. The van der Waals surface area contributed by atoms with E-state index in [1.165, 1.54) is 6.33 Å². The molecule has 3 rings (SSSR count). The molecule has 2 N–H and O–H groups in total. The Kier molecular flexibility index (Phi) is 6.76. The highest BCUT2D eigenvalue weighted by atomic mass is 32.2. The fourth-order valence-electron chi connectivity index (χ4n) is 2.74. The Balaban J connectivity index is 1.64. The summed E-state index contributed by atoms with van der Waals surface area (Å²) in [7, 11) is -1.61. The van der Waals surface area contributed by atoms with Crippen LogP contribution in [0.2, 0.25) is 0 Å². The van der Waals surface area contributed by atoms with Crippen LogP contribution in [0.3, 0.4) is 0 Å². The number of nitrogens with zero attached hydrogens (tertiary/aromatic N) is 2. The van der Waals surface area contributed by atoms with E-state index in [0.29, 0.717) is 30.0 Å². The van der Waals surface area contributed by atoms with E-state index in [1.54, 1.807) is 37.4 Å². The highest BCUT2D eigenvalue weighted by Gasteiger charge is 2.09. The summed E-state index contributed by atoms with van der Waals surface area (Å²) < 4.78 is 29.8. The van der Waals surface area contributed by atoms with Crippen molar-refractivity contribution in [3.63, 3.8) is 0 Å². The van der Waals surface area contributed by atoms with Crippen molar-refractivity contribution in [1.82, 2.24) is 14.7 Å². The first kappa shape index (κ1) is 21.4. The van der Waals surface area contributed by atoms with Crippen LogP contribution in [0, 0.1) is 0 Å². The van der Waals surface area contributed by atoms with Crippen molar-refractivity contribution in [3.05, 3.63) is 72.1 Å². The Morgan fingerprint density at radius 2 is 1.73 bits per heavy atom. The van der Waals surface area contributed by atoms with Gasteiger partial charge in [0.2, 0.25) is 10.0 Å². The average molecular weight is 426 g/mol. The van der Waals surface area contributed by atoms with Crippen LogP contribution in [-0.2, 0) is 16.4 Å². The van der Waals surface area contributed by atoms with Crippen molar-refractivity contribution in [2.24, 2.45) is 0 Å². The van der Waals surface area contributed by atoms with Gasteiger partial charge in [-0.2, -0.15) is 0 Å². The number of nitrogens with one attached hydrogen (secondary N) is 2. The second kappa shape index (κ2) is 9.47. The van der Waals surface area contributed by atoms with Gasteiger partial charge < -0.3 is 10.1 Å². The smallest absolute Gasteiger partial charge is 0.256 e. The number of hydrogen-bond donors (Lipinski definition) is 2. The van der Waals surface area contributed by atoms with Crippen LogP contribution >= 0.6 is 0 Å². The molecule has 2 aromatic carbocycles. The molecule has 0 bridgehead atoms. The number of carbonyl (C=O) groups is 1. The summed E-state index contributed by atoms with van der Waals surface area (Å²) in [6.07, 6.45) is 3.05. The number of aromatic nitrogens is 2. The fourth-order valence-corrected chi connectivity index (χ4v) is 3.21. The third-order valence-electron chi connectivity index (χ3n) is 4.29. The molecule has 0 radical (unpaired) electrons. The van der Waals surface area contributed by atoms with Crippen LogP contribution < -0.4 is 14.8 Å². The van der Waals surface area contributed by atoms with Crippen LogP contribution in [0.5, 0.6) is 5.75 Å². The van der Waals surface area contributed by atoms with Gasteiger partial charge in [-0.25, -0.2) is 23.1 Å². The van der Waals surface area contributed by atoms with Crippen LogP contribution in [-0.4, -0.2) is 44.2 Å². The van der Waals surface area contributed by atoms with Crippen molar-refractivity contribution >= 4 is 21.7 Å². The molecule has 0 aliphatic carbocycles. The average Bonchev–Trinajstić information content (AvgIpc) is 2.73. The molecule has 0 aliphatic heterocycles. The molecule has 0 saturated heterocycles. The van der Waals surface area contributed by atoms with Gasteiger partial charge >= 0.3 is 0 Å². The number of methoxy groups -OCH3 is 1. The number of ether oxygens (including phenoxy) is 1. The van der Waals surface area contributed by atoms with Crippen LogP contribution in [0.15, 0.2) is 60.9 Å². The number of anilines is 1. The van der Waals surface area contributed by atoms with E-state index in [4.69, 9.17) is 4.74 Å². The molecule has 0 atom stereocenters. The lowest BCUT2D eigenvalue weighted by molar-refractivity contribution is 0.102. The number of amides is 1. The van der Waals surface area contributed by atoms with Gasteiger partial charge in [0.05, 0.1) is 19.1 Å². The minimum absolute atomic E-state index is 0.296. The molecule has 0 saturated carbocycles. The summed E-state index contributed by atoms with van der Waals surface area (Å²) in [6.45, 7) is 0.305. The molecule has 156 valence electrons. The Bertz CT molecular complexity index is 1110. The second-order valence-corrected chi connectivity index (χ2v) is 8.42. The lowest BCUT2D eigenvalue weighted by Gasteiger charge is -2.08. The van der Waals surface area contributed by atoms with E-state index in [-0.39, 0.29) is 5.91 Å². The van der Waals surface area contributed by atoms with Gasteiger partial charge in [0.25, 0.3) is 5.91 Å². The van der Waals surface area contributed by atoms with Gasteiger partial charge in [-0.05, 0) is 48.4 Å². The maximum absolute atomic E-state index is 12.5. The van der Waals surface area contributed by atoms with Crippen LogP contribution in [0.25, 0.3) is 11.3 Å². The Hall–Kier alpha value is -3.30. The molecule has 30 heavy (non-hydrogen) atoms. The van der Waals surface area contributed by atoms with Gasteiger partial charge in [-0.3, -0.25) is 4.79 Å². The standard InChI is InChI=1S/C21H22N4O4S/c1-29-18-9-7-16(8-10-18)19-13-20(23-14-22-19)25-21(26)17-5-3-15(4-6-17)11-12-24-30(2,27)28/h3-10,13-14,24H,11-12H2,1-2H3,(H,22,23,25,26). The molecular weight excluding hydrogens is 404 g/mol. The fraction of sp³-hybridized carbons (Fsp3) is 0.190. The molecule has 8 nitrogen and oxygen atoms in total. The van der Waals surface area contributed by atoms with Crippen LogP contribution in [0.4, 0.5) is 5.82 Å². The normalized spacial score (nSPS) is 11.1. The number of hydrogen-bond acceptors (Lipinski definition) is 6. The van der Waals surface area contributed by atoms with Gasteiger partial charge in [-0.15, -0.1) is 0 Å². The van der Waals surface area contributed by atoms with Crippen molar-refractivity contribution in [2.75, 3.05) is 25.2 Å². The van der Waals surface area contributed by atoms with E-state index >= 15 is 0 Å². The molecule has 0 fully saturated rings. The molecular formula is C21H22N4O4S. The van der Waals surface area contributed by atoms with Crippen LogP contribution in [0.1, 0.15) is 15.9 Å². The van der Waals surface area contributed by atoms with E-state index < -0.39 is 10.0 Å². The molecule has 1 amide bonds. The molecule has 1 heterocycles. The predicted molar refractivity (Wildman–Crippen MR) is 115 cm³/mol. The summed E-state index contributed by atoms with van der Waals surface area (Å²) in [5, 5.41) is 2.77. The maximum Gasteiger partial charge on any atom is 0.256 e. The molecule has 0 aliphatic rings. The van der Waals surface area contributed by atoms with Gasteiger partial charge in [0.1, 0.15) is 17.9 Å². The topological polar surface area (TPSA) is 110 Å². The summed E-state index contributed by atoms with van der Waals surface area (Å²) in [5.41, 5.74) is 2.95. The third-order valence-corrected chi connectivity index (χ3v) is 5.02. The quantitative estimate of drug-likeness (QED) is 0.573. The predicted octanol–water partition coefficient (Wildman–Crippen LogP) is 2.50. The SMILES string of the molecule is COc1ccc(-c2cc(NC(=O)c3ccc(CCNS(C)(=O)=O)cc3)ncn2)cc1. The zero-order chi connectivity index (χ0) is 21.6. The molecule has 3 aromatic rings. The minimum atomic E-state index is -3.21. The molecule has 9 heteroatoms. The zero-order valence-electron chi connectivity index (χ0n) is 16.6. The number of carbonyl (C=O) groups excluding carboxylic acids is 1. The van der Waals surface area contributed by atoms with E-state index in [9.17, 15) is 13.2 Å². The third kappa shape index (κ3) is 6.10.